The van der Waals surface area contributed by atoms with Crippen LogP contribution in [-0.2, 0) is 0 Å². The Bertz CT molecular complexity index is 508. The van der Waals surface area contributed by atoms with Gasteiger partial charge in [0.05, 0.1) is 17.1 Å². The summed E-state index contributed by atoms with van der Waals surface area (Å²) in [4.78, 5) is 8.34. The number of rotatable bonds is 2. The standard InChI is InChI=1S/C12H12N2O/c1-8(2)12(15)9-3-4-10-11(7-9)14-6-5-13-10/h3-7,12,15H,1H2,2H3. The lowest BCUT2D eigenvalue weighted by atomic mass is 10.0. The molecule has 2 rings (SSSR count). The topological polar surface area (TPSA) is 46.0 Å². The Hall–Kier alpha value is -1.74. The molecular formula is C12H12N2O. The largest absolute Gasteiger partial charge is 0.384 e. The maximum Gasteiger partial charge on any atom is 0.0996 e. The summed E-state index contributed by atoms with van der Waals surface area (Å²) in [6, 6.07) is 5.53. The highest BCUT2D eigenvalue weighted by atomic mass is 16.3. The molecule has 0 fully saturated rings. The van der Waals surface area contributed by atoms with Gasteiger partial charge in [0.25, 0.3) is 0 Å². The van der Waals surface area contributed by atoms with E-state index < -0.39 is 6.10 Å². The van der Waals surface area contributed by atoms with Crippen molar-refractivity contribution in [2.75, 3.05) is 0 Å². The van der Waals surface area contributed by atoms with E-state index in [1.54, 1.807) is 19.3 Å². The molecule has 1 aromatic carbocycles. The molecule has 1 unspecified atom stereocenters. The van der Waals surface area contributed by atoms with Crippen LogP contribution < -0.4 is 0 Å². The Morgan fingerprint density at radius 1 is 1.27 bits per heavy atom. The molecule has 0 spiro atoms. The second-order valence-corrected chi connectivity index (χ2v) is 3.55. The Labute approximate surface area is 88.1 Å². The quantitative estimate of drug-likeness (QED) is 0.756. The van der Waals surface area contributed by atoms with Gasteiger partial charge in [0.2, 0.25) is 0 Å². The van der Waals surface area contributed by atoms with Crippen molar-refractivity contribution in [1.82, 2.24) is 9.97 Å². The summed E-state index contributed by atoms with van der Waals surface area (Å²) in [6.45, 7) is 5.52. The summed E-state index contributed by atoms with van der Waals surface area (Å²) >= 11 is 0. The number of benzene rings is 1. The summed E-state index contributed by atoms with van der Waals surface area (Å²) in [5.41, 5.74) is 3.14. The first-order valence-corrected chi connectivity index (χ1v) is 4.72. The van der Waals surface area contributed by atoms with Crippen molar-refractivity contribution in [3.8, 4) is 0 Å². The highest BCUT2D eigenvalue weighted by Gasteiger charge is 2.08. The monoisotopic (exact) mass is 200 g/mol. The molecule has 0 bridgehead atoms. The third-order valence-corrected chi connectivity index (χ3v) is 2.28. The number of fused-ring (bicyclic) bond motifs is 1. The van der Waals surface area contributed by atoms with Gasteiger partial charge >= 0.3 is 0 Å². The number of hydrogen-bond acceptors (Lipinski definition) is 3. The zero-order valence-corrected chi connectivity index (χ0v) is 8.51. The maximum atomic E-state index is 9.81. The predicted octanol–water partition coefficient (Wildman–Crippen LogP) is 2.24. The maximum absolute atomic E-state index is 9.81. The molecule has 0 aliphatic heterocycles. The van der Waals surface area contributed by atoms with E-state index in [9.17, 15) is 5.11 Å². The summed E-state index contributed by atoms with van der Waals surface area (Å²) < 4.78 is 0. The molecule has 0 radical (unpaired) electrons. The van der Waals surface area contributed by atoms with Gasteiger partial charge in [0.15, 0.2) is 0 Å². The van der Waals surface area contributed by atoms with Crippen molar-refractivity contribution in [2.24, 2.45) is 0 Å². The van der Waals surface area contributed by atoms with Crippen molar-refractivity contribution in [1.29, 1.82) is 0 Å². The van der Waals surface area contributed by atoms with Crippen molar-refractivity contribution in [3.63, 3.8) is 0 Å². The average molecular weight is 200 g/mol. The smallest absolute Gasteiger partial charge is 0.0996 e. The molecule has 1 aromatic heterocycles. The van der Waals surface area contributed by atoms with E-state index >= 15 is 0 Å². The Kier molecular flexibility index (Phi) is 2.47. The molecule has 76 valence electrons. The van der Waals surface area contributed by atoms with Gasteiger partial charge in [0, 0.05) is 12.4 Å². The minimum absolute atomic E-state index is 0.628. The summed E-state index contributed by atoms with van der Waals surface area (Å²) in [7, 11) is 0. The van der Waals surface area contributed by atoms with Crippen LogP contribution in [0.3, 0.4) is 0 Å². The lowest BCUT2D eigenvalue weighted by Crippen LogP contribution is -1.98. The first-order valence-electron chi connectivity index (χ1n) is 4.72. The zero-order chi connectivity index (χ0) is 10.8. The van der Waals surface area contributed by atoms with Crippen molar-refractivity contribution >= 4 is 11.0 Å². The Morgan fingerprint density at radius 3 is 2.60 bits per heavy atom. The lowest BCUT2D eigenvalue weighted by Gasteiger charge is -2.10. The fourth-order valence-electron chi connectivity index (χ4n) is 1.43. The van der Waals surface area contributed by atoms with Crippen LogP contribution in [0.25, 0.3) is 11.0 Å². The molecule has 0 aliphatic carbocycles. The van der Waals surface area contributed by atoms with E-state index in [4.69, 9.17) is 0 Å². The highest BCUT2D eigenvalue weighted by molar-refractivity contribution is 5.74. The van der Waals surface area contributed by atoms with E-state index in [1.807, 2.05) is 18.2 Å². The molecule has 3 nitrogen and oxygen atoms in total. The van der Waals surface area contributed by atoms with Crippen molar-refractivity contribution in [3.05, 3.63) is 48.3 Å². The fraction of sp³-hybridized carbons (Fsp3) is 0.167. The number of hydrogen-bond donors (Lipinski definition) is 1. The van der Waals surface area contributed by atoms with E-state index in [0.29, 0.717) is 0 Å². The van der Waals surface area contributed by atoms with E-state index in [0.717, 1.165) is 22.2 Å². The van der Waals surface area contributed by atoms with Crippen LogP contribution in [-0.4, -0.2) is 15.1 Å². The summed E-state index contributed by atoms with van der Waals surface area (Å²) in [6.07, 6.45) is 2.66. The molecule has 1 atom stereocenters. The SMILES string of the molecule is C=C(C)C(O)c1ccc2nccnc2c1. The van der Waals surface area contributed by atoms with Crippen molar-refractivity contribution in [2.45, 2.75) is 13.0 Å². The van der Waals surface area contributed by atoms with Gasteiger partial charge in [-0.3, -0.25) is 9.97 Å². The number of aromatic nitrogens is 2. The molecule has 0 aliphatic rings. The summed E-state index contributed by atoms with van der Waals surface area (Å²) in [5, 5.41) is 9.81. The molecule has 2 aromatic rings. The normalized spacial score (nSPS) is 12.7. The number of aliphatic hydroxyl groups excluding tert-OH is 1. The zero-order valence-electron chi connectivity index (χ0n) is 8.51. The minimum Gasteiger partial charge on any atom is -0.384 e. The van der Waals surface area contributed by atoms with Crippen LogP contribution in [0.15, 0.2) is 42.7 Å². The first kappa shape index (κ1) is 9.80. The van der Waals surface area contributed by atoms with Crippen LogP contribution in [0.1, 0.15) is 18.6 Å². The van der Waals surface area contributed by atoms with Crippen molar-refractivity contribution < 1.29 is 5.11 Å². The second-order valence-electron chi connectivity index (χ2n) is 3.55. The predicted molar refractivity (Wildman–Crippen MR) is 59.3 cm³/mol. The molecule has 1 heterocycles. The lowest BCUT2D eigenvalue weighted by molar-refractivity contribution is 0.216. The highest BCUT2D eigenvalue weighted by Crippen LogP contribution is 2.22. The number of aliphatic hydroxyl groups is 1. The number of nitrogens with zero attached hydrogens (tertiary/aromatic N) is 2. The molecule has 0 saturated carbocycles. The van der Waals surface area contributed by atoms with Gasteiger partial charge in [-0.2, -0.15) is 0 Å². The van der Waals surface area contributed by atoms with E-state index in [-0.39, 0.29) is 0 Å². The van der Waals surface area contributed by atoms with Crippen LogP contribution in [0.5, 0.6) is 0 Å². The van der Waals surface area contributed by atoms with Gasteiger partial charge in [-0.1, -0.05) is 12.6 Å². The van der Waals surface area contributed by atoms with Crippen LogP contribution >= 0.6 is 0 Å². The van der Waals surface area contributed by atoms with Crippen LogP contribution in [0, 0.1) is 0 Å². The molecular weight excluding hydrogens is 188 g/mol. The molecule has 1 N–H and O–H groups in total. The van der Waals surface area contributed by atoms with Gasteiger partial charge in [-0.25, -0.2) is 0 Å². The van der Waals surface area contributed by atoms with E-state index in [1.165, 1.54) is 0 Å². The van der Waals surface area contributed by atoms with Crippen LogP contribution in [0.4, 0.5) is 0 Å². The van der Waals surface area contributed by atoms with Gasteiger partial charge in [-0.15, -0.1) is 0 Å². The van der Waals surface area contributed by atoms with Gasteiger partial charge < -0.3 is 5.11 Å². The minimum atomic E-state index is -0.628. The first-order chi connectivity index (χ1) is 7.18. The van der Waals surface area contributed by atoms with Crippen LogP contribution in [0.2, 0.25) is 0 Å². The molecule has 3 heteroatoms. The van der Waals surface area contributed by atoms with Gasteiger partial charge in [-0.05, 0) is 30.2 Å². The fourth-order valence-corrected chi connectivity index (χ4v) is 1.43. The molecule has 15 heavy (non-hydrogen) atoms. The molecule has 0 amide bonds. The third kappa shape index (κ3) is 1.87. The third-order valence-electron chi connectivity index (χ3n) is 2.28. The van der Waals surface area contributed by atoms with E-state index in [2.05, 4.69) is 16.5 Å². The van der Waals surface area contributed by atoms with Gasteiger partial charge in [0.1, 0.15) is 0 Å². The summed E-state index contributed by atoms with van der Waals surface area (Å²) in [5.74, 6) is 0. The Balaban J connectivity index is 2.51. The molecule has 0 saturated heterocycles. The average Bonchev–Trinajstić information content (AvgIpc) is 2.27. The Morgan fingerprint density at radius 2 is 1.93 bits per heavy atom. The second kappa shape index (κ2) is 3.79.